The van der Waals surface area contributed by atoms with Gasteiger partial charge in [0.05, 0.1) is 6.42 Å². The minimum atomic E-state index is -0.161. The molecule has 0 unspecified atom stereocenters. The van der Waals surface area contributed by atoms with Crippen molar-refractivity contribution >= 4 is 22.5 Å². The van der Waals surface area contributed by atoms with E-state index in [0.717, 1.165) is 22.2 Å². The molecular formula is C19H16N4O2. The number of benzene rings is 2. The summed E-state index contributed by atoms with van der Waals surface area (Å²) in [6.45, 7) is 1.78. The Labute approximate surface area is 143 Å². The Hall–Kier alpha value is -3.41. The van der Waals surface area contributed by atoms with Gasteiger partial charge in [-0.25, -0.2) is 0 Å². The van der Waals surface area contributed by atoms with Crippen LogP contribution in [0.15, 0.2) is 59.3 Å². The molecular weight excluding hydrogens is 316 g/mol. The number of aromatic amines is 1. The van der Waals surface area contributed by atoms with Crippen LogP contribution in [0.25, 0.3) is 10.9 Å². The number of fused-ring (bicyclic) bond motifs is 1. The summed E-state index contributed by atoms with van der Waals surface area (Å²) in [6, 6.07) is 15.1. The Morgan fingerprint density at radius 2 is 2.08 bits per heavy atom. The third kappa shape index (κ3) is 3.14. The number of aromatic nitrogens is 3. The Morgan fingerprint density at radius 1 is 1.20 bits per heavy atom. The molecule has 6 heteroatoms. The first-order valence-electron chi connectivity index (χ1n) is 7.94. The van der Waals surface area contributed by atoms with Crippen LogP contribution < -0.4 is 5.32 Å². The van der Waals surface area contributed by atoms with Crippen molar-refractivity contribution in [1.82, 2.24) is 15.1 Å². The number of hydrogen-bond acceptors (Lipinski definition) is 4. The van der Waals surface area contributed by atoms with Gasteiger partial charge in [0.25, 0.3) is 5.91 Å². The van der Waals surface area contributed by atoms with E-state index in [1.807, 2.05) is 54.7 Å². The van der Waals surface area contributed by atoms with E-state index in [1.165, 1.54) is 0 Å². The standard InChI is InChI=1S/C19H16N4O2/c1-12-21-18(25-23-12)11-14-4-2-3-5-16(14)22-19(24)15-7-6-13-8-9-20-17(13)10-15/h2-10,20H,11H2,1H3,(H,22,24). The zero-order valence-electron chi connectivity index (χ0n) is 13.6. The van der Waals surface area contributed by atoms with Gasteiger partial charge in [-0.15, -0.1) is 0 Å². The average Bonchev–Trinajstić information content (AvgIpc) is 3.24. The maximum atomic E-state index is 12.6. The number of para-hydroxylation sites is 1. The zero-order valence-corrected chi connectivity index (χ0v) is 13.6. The number of nitrogens with zero attached hydrogens (tertiary/aromatic N) is 2. The van der Waals surface area contributed by atoms with Gasteiger partial charge in [-0.05, 0) is 42.1 Å². The van der Waals surface area contributed by atoms with Gasteiger partial charge in [-0.1, -0.05) is 29.4 Å². The Balaban J connectivity index is 1.58. The number of carbonyl (C=O) groups excluding carboxylic acids is 1. The van der Waals surface area contributed by atoms with Crippen LogP contribution in [0, 0.1) is 6.92 Å². The van der Waals surface area contributed by atoms with E-state index in [9.17, 15) is 4.79 Å². The van der Waals surface area contributed by atoms with Crippen LogP contribution in [-0.4, -0.2) is 21.0 Å². The zero-order chi connectivity index (χ0) is 17.2. The van der Waals surface area contributed by atoms with Crippen molar-refractivity contribution in [2.24, 2.45) is 0 Å². The number of aryl methyl sites for hydroxylation is 1. The molecule has 0 fully saturated rings. The highest BCUT2D eigenvalue weighted by Gasteiger charge is 2.12. The third-order valence-electron chi connectivity index (χ3n) is 3.99. The monoisotopic (exact) mass is 332 g/mol. The van der Waals surface area contributed by atoms with Crippen LogP contribution in [0.3, 0.4) is 0 Å². The molecule has 4 aromatic rings. The van der Waals surface area contributed by atoms with Gasteiger partial charge in [0.15, 0.2) is 5.82 Å². The molecule has 0 atom stereocenters. The number of amides is 1. The fourth-order valence-corrected chi connectivity index (χ4v) is 2.75. The molecule has 2 heterocycles. The number of rotatable bonds is 4. The lowest BCUT2D eigenvalue weighted by atomic mass is 10.1. The second-order valence-corrected chi connectivity index (χ2v) is 5.80. The molecule has 2 N–H and O–H groups in total. The largest absolute Gasteiger partial charge is 0.361 e. The lowest BCUT2D eigenvalue weighted by Gasteiger charge is -2.10. The predicted molar refractivity (Wildman–Crippen MR) is 94.5 cm³/mol. The van der Waals surface area contributed by atoms with Gasteiger partial charge in [0.2, 0.25) is 5.89 Å². The van der Waals surface area contributed by atoms with Crippen LogP contribution in [0.1, 0.15) is 27.6 Å². The van der Waals surface area contributed by atoms with E-state index >= 15 is 0 Å². The van der Waals surface area contributed by atoms with Crippen LogP contribution in [0.5, 0.6) is 0 Å². The molecule has 0 aliphatic carbocycles. The fourth-order valence-electron chi connectivity index (χ4n) is 2.75. The third-order valence-corrected chi connectivity index (χ3v) is 3.99. The molecule has 0 spiro atoms. The van der Waals surface area contributed by atoms with Gasteiger partial charge >= 0.3 is 0 Å². The van der Waals surface area contributed by atoms with Crippen LogP contribution in [0.2, 0.25) is 0 Å². The van der Waals surface area contributed by atoms with Gasteiger partial charge in [-0.2, -0.15) is 4.98 Å². The summed E-state index contributed by atoms with van der Waals surface area (Å²) in [7, 11) is 0. The van der Waals surface area contributed by atoms with Crippen LogP contribution >= 0.6 is 0 Å². The van der Waals surface area contributed by atoms with Gasteiger partial charge in [-0.3, -0.25) is 4.79 Å². The molecule has 6 nitrogen and oxygen atoms in total. The average molecular weight is 332 g/mol. The summed E-state index contributed by atoms with van der Waals surface area (Å²) in [4.78, 5) is 19.9. The number of carbonyl (C=O) groups is 1. The van der Waals surface area contributed by atoms with Crippen molar-refractivity contribution in [2.75, 3.05) is 5.32 Å². The first kappa shape index (κ1) is 15.1. The summed E-state index contributed by atoms with van der Waals surface area (Å²) < 4.78 is 5.17. The van der Waals surface area contributed by atoms with Crippen LogP contribution in [0.4, 0.5) is 5.69 Å². The fraction of sp³-hybridized carbons (Fsp3) is 0.105. The molecule has 1 amide bonds. The number of hydrogen-bond donors (Lipinski definition) is 2. The normalized spacial score (nSPS) is 10.9. The Morgan fingerprint density at radius 3 is 2.92 bits per heavy atom. The van der Waals surface area contributed by atoms with E-state index in [-0.39, 0.29) is 5.91 Å². The maximum absolute atomic E-state index is 12.6. The molecule has 0 saturated carbocycles. The van der Waals surface area contributed by atoms with E-state index in [1.54, 1.807) is 6.92 Å². The van der Waals surface area contributed by atoms with Crippen LogP contribution in [-0.2, 0) is 6.42 Å². The molecule has 0 bridgehead atoms. The predicted octanol–water partition coefficient (Wildman–Crippen LogP) is 3.70. The second kappa shape index (κ2) is 6.24. The second-order valence-electron chi connectivity index (χ2n) is 5.80. The van der Waals surface area contributed by atoms with Crippen molar-refractivity contribution in [3.8, 4) is 0 Å². The summed E-state index contributed by atoms with van der Waals surface area (Å²) in [6.07, 6.45) is 2.32. The molecule has 2 aromatic carbocycles. The molecule has 0 saturated heterocycles. The highest BCUT2D eigenvalue weighted by atomic mass is 16.5. The van der Waals surface area contributed by atoms with Gasteiger partial charge in [0.1, 0.15) is 0 Å². The highest BCUT2D eigenvalue weighted by Crippen LogP contribution is 2.20. The minimum absolute atomic E-state index is 0.161. The van der Waals surface area contributed by atoms with Crippen molar-refractivity contribution in [3.63, 3.8) is 0 Å². The molecule has 25 heavy (non-hydrogen) atoms. The molecule has 0 radical (unpaired) electrons. The smallest absolute Gasteiger partial charge is 0.255 e. The molecule has 0 aliphatic heterocycles. The minimum Gasteiger partial charge on any atom is -0.361 e. The van der Waals surface area contributed by atoms with E-state index < -0.39 is 0 Å². The topological polar surface area (TPSA) is 83.8 Å². The quantitative estimate of drug-likeness (QED) is 0.597. The first-order valence-corrected chi connectivity index (χ1v) is 7.94. The molecule has 0 aliphatic rings. The summed E-state index contributed by atoms with van der Waals surface area (Å²) in [5.41, 5.74) is 3.18. The molecule has 4 rings (SSSR count). The van der Waals surface area contributed by atoms with Crippen molar-refractivity contribution in [1.29, 1.82) is 0 Å². The SMILES string of the molecule is Cc1noc(Cc2ccccc2NC(=O)c2ccc3cc[nH]c3c2)n1. The van der Waals surface area contributed by atoms with E-state index in [0.29, 0.717) is 23.7 Å². The van der Waals surface area contributed by atoms with Crippen molar-refractivity contribution in [3.05, 3.63) is 77.6 Å². The summed E-state index contributed by atoms with van der Waals surface area (Å²) >= 11 is 0. The Kier molecular flexibility index (Phi) is 3.78. The van der Waals surface area contributed by atoms with Crippen molar-refractivity contribution in [2.45, 2.75) is 13.3 Å². The number of anilines is 1. The summed E-state index contributed by atoms with van der Waals surface area (Å²) in [5.74, 6) is 0.952. The molecule has 124 valence electrons. The summed E-state index contributed by atoms with van der Waals surface area (Å²) in [5, 5.41) is 7.84. The number of nitrogens with one attached hydrogen (secondary N) is 2. The van der Waals surface area contributed by atoms with Crippen molar-refractivity contribution < 1.29 is 9.32 Å². The maximum Gasteiger partial charge on any atom is 0.255 e. The number of H-pyrrole nitrogens is 1. The highest BCUT2D eigenvalue weighted by molar-refractivity contribution is 6.06. The molecule has 2 aromatic heterocycles. The lowest BCUT2D eigenvalue weighted by molar-refractivity contribution is 0.102. The van der Waals surface area contributed by atoms with E-state index in [2.05, 4.69) is 20.4 Å². The Bertz CT molecular complexity index is 1050. The van der Waals surface area contributed by atoms with Gasteiger partial charge < -0.3 is 14.8 Å². The van der Waals surface area contributed by atoms with E-state index in [4.69, 9.17) is 4.52 Å². The van der Waals surface area contributed by atoms with Gasteiger partial charge in [0, 0.05) is 23.0 Å². The first-order chi connectivity index (χ1) is 12.2. The lowest BCUT2D eigenvalue weighted by Crippen LogP contribution is -2.13.